The summed E-state index contributed by atoms with van der Waals surface area (Å²) in [5.41, 5.74) is 6.12. The van der Waals surface area contributed by atoms with E-state index in [4.69, 9.17) is 18.0 Å². The maximum atomic E-state index is 5.55. The number of rotatable bonds is 4. The Morgan fingerprint density at radius 3 is 2.94 bits per heavy atom. The van der Waals surface area contributed by atoms with Crippen LogP contribution < -0.4 is 5.73 Å². The number of nitrogens with two attached hydrogens (primary N) is 1. The first-order valence-corrected chi connectivity index (χ1v) is 5.78. The summed E-state index contributed by atoms with van der Waals surface area (Å²) in [4.78, 5) is 13.1. The van der Waals surface area contributed by atoms with Gasteiger partial charge in [0.15, 0.2) is 0 Å². The lowest BCUT2D eigenvalue weighted by Gasteiger charge is -2.06. The van der Waals surface area contributed by atoms with E-state index in [-0.39, 0.29) is 4.99 Å². The van der Waals surface area contributed by atoms with Crippen LogP contribution in [0.5, 0.6) is 0 Å². The third-order valence-corrected chi connectivity index (χ3v) is 2.51. The molecule has 0 saturated heterocycles. The van der Waals surface area contributed by atoms with Crippen molar-refractivity contribution in [3.63, 3.8) is 0 Å². The van der Waals surface area contributed by atoms with Crippen LogP contribution in [-0.2, 0) is 6.42 Å². The Labute approximate surface area is 105 Å². The Bertz CT molecular complexity index is 534. The van der Waals surface area contributed by atoms with Gasteiger partial charge in [-0.15, -0.1) is 0 Å². The monoisotopic (exact) mass is 247 g/mol. The van der Waals surface area contributed by atoms with E-state index in [1.807, 2.05) is 10.8 Å². The summed E-state index contributed by atoms with van der Waals surface area (Å²) in [6.45, 7) is 2.10. The van der Waals surface area contributed by atoms with Gasteiger partial charge in [0.05, 0.1) is 0 Å². The summed E-state index contributed by atoms with van der Waals surface area (Å²) < 4.78 is 1.85. The minimum Gasteiger partial charge on any atom is -0.388 e. The van der Waals surface area contributed by atoms with E-state index in [1.165, 1.54) is 0 Å². The summed E-state index contributed by atoms with van der Waals surface area (Å²) in [7, 11) is 0. The molecule has 2 heterocycles. The summed E-state index contributed by atoms with van der Waals surface area (Å²) in [6, 6.07) is 1.70. The Balaban J connectivity index is 2.42. The molecule has 0 radical (unpaired) electrons. The standard InChI is InChI=1S/C11H13N5S/c1-2-3-9-13-6-7-16(9)11-14-5-4-8(15-11)10(12)17/h4-7H,2-3H2,1H3,(H2,12,17). The predicted octanol–water partition coefficient (Wildman–Crippen LogP) is 1.25. The number of aryl methyl sites for hydroxylation is 1. The van der Waals surface area contributed by atoms with Gasteiger partial charge in [-0.2, -0.15) is 0 Å². The van der Waals surface area contributed by atoms with Crippen molar-refractivity contribution in [3.05, 3.63) is 36.2 Å². The lowest BCUT2D eigenvalue weighted by molar-refractivity contribution is 0.781. The highest BCUT2D eigenvalue weighted by Gasteiger charge is 2.08. The fraction of sp³-hybridized carbons (Fsp3) is 0.273. The van der Waals surface area contributed by atoms with Gasteiger partial charge in [0, 0.05) is 25.0 Å². The molecule has 5 nitrogen and oxygen atoms in total. The van der Waals surface area contributed by atoms with E-state index in [1.54, 1.807) is 18.5 Å². The van der Waals surface area contributed by atoms with Crippen molar-refractivity contribution in [3.8, 4) is 5.95 Å². The zero-order chi connectivity index (χ0) is 12.3. The fourth-order valence-corrected chi connectivity index (χ4v) is 1.64. The summed E-state index contributed by atoms with van der Waals surface area (Å²) >= 11 is 4.90. The van der Waals surface area contributed by atoms with Gasteiger partial charge >= 0.3 is 0 Å². The molecule has 17 heavy (non-hydrogen) atoms. The van der Waals surface area contributed by atoms with Crippen LogP contribution in [-0.4, -0.2) is 24.5 Å². The highest BCUT2D eigenvalue weighted by atomic mass is 32.1. The third-order valence-electron chi connectivity index (χ3n) is 2.30. The van der Waals surface area contributed by atoms with Crippen molar-refractivity contribution in [1.29, 1.82) is 0 Å². The van der Waals surface area contributed by atoms with Crippen molar-refractivity contribution in [2.75, 3.05) is 0 Å². The molecule has 0 unspecified atom stereocenters. The number of imidazole rings is 1. The Morgan fingerprint density at radius 2 is 2.24 bits per heavy atom. The Hall–Kier alpha value is -1.82. The van der Waals surface area contributed by atoms with Crippen LogP contribution in [0, 0.1) is 0 Å². The molecule has 0 saturated carbocycles. The lowest BCUT2D eigenvalue weighted by atomic mass is 10.3. The van der Waals surface area contributed by atoms with E-state index in [0.717, 1.165) is 18.7 Å². The summed E-state index contributed by atoms with van der Waals surface area (Å²) in [5, 5.41) is 0. The van der Waals surface area contributed by atoms with Crippen molar-refractivity contribution in [2.24, 2.45) is 5.73 Å². The minimum atomic E-state index is 0.269. The van der Waals surface area contributed by atoms with Crippen LogP contribution in [0.3, 0.4) is 0 Å². The van der Waals surface area contributed by atoms with Crippen molar-refractivity contribution in [1.82, 2.24) is 19.5 Å². The fourth-order valence-electron chi connectivity index (χ4n) is 1.53. The van der Waals surface area contributed by atoms with E-state index in [9.17, 15) is 0 Å². The first-order chi connectivity index (χ1) is 8.22. The molecule has 0 bridgehead atoms. The van der Waals surface area contributed by atoms with Gasteiger partial charge in [0.1, 0.15) is 16.5 Å². The van der Waals surface area contributed by atoms with Crippen molar-refractivity contribution in [2.45, 2.75) is 19.8 Å². The number of nitrogens with zero attached hydrogens (tertiary/aromatic N) is 4. The molecule has 0 atom stereocenters. The number of thiocarbonyl (C=S) groups is 1. The molecule has 0 aliphatic heterocycles. The van der Waals surface area contributed by atoms with Crippen molar-refractivity contribution < 1.29 is 0 Å². The molecule has 0 fully saturated rings. The number of hydrogen-bond acceptors (Lipinski definition) is 4. The molecular formula is C11H13N5S. The minimum absolute atomic E-state index is 0.269. The Morgan fingerprint density at radius 1 is 1.41 bits per heavy atom. The van der Waals surface area contributed by atoms with Gasteiger partial charge in [-0.3, -0.25) is 4.57 Å². The first-order valence-electron chi connectivity index (χ1n) is 5.38. The van der Waals surface area contributed by atoms with E-state index >= 15 is 0 Å². The molecular weight excluding hydrogens is 234 g/mol. The van der Waals surface area contributed by atoms with Crippen LogP contribution in [0.1, 0.15) is 24.9 Å². The molecule has 0 spiro atoms. The normalized spacial score (nSPS) is 10.4. The number of hydrogen-bond donors (Lipinski definition) is 1. The van der Waals surface area contributed by atoms with Crippen LogP contribution in [0.25, 0.3) is 5.95 Å². The van der Waals surface area contributed by atoms with E-state index < -0.39 is 0 Å². The molecule has 2 aromatic heterocycles. The summed E-state index contributed by atoms with van der Waals surface area (Å²) in [6.07, 6.45) is 7.12. The maximum Gasteiger partial charge on any atom is 0.235 e. The molecule has 2 aromatic rings. The molecule has 0 aliphatic rings. The smallest absolute Gasteiger partial charge is 0.235 e. The highest BCUT2D eigenvalue weighted by Crippen LogP contribution is 2.08. The molecule has 0 aliphatic carbocycles. The molecule has 0 amide bonds. The van der Waals surface area contributed by atoms with Crippen LogP contribution in [0.4, 0.5) is 0 Å². The maximum absolute atomic E-state index is 5.55. The topological polar surface area (TPSA) is 69.6 Å². The molecule has 0 aromatic carbocycles. The van der Waals surface area contributed by atoms with Gasteiger partial charge < -0.3 is 5.73 Å². The highest BCUT2D eigenvalue weighted by molar-refractivity contribution is 7.80. The van der Waals surface area contributed by atoms with Crippen molar-refractivity contribution >= 4 is 17.2 Å². The molecule has 6 heteroatoms. The lowest BCUT2D eigenvalue weighted by Crippen LogP contribution is -2.14. The Kier molecular flexibility index (Phi) is 3.43. The predicted molar refractivity (Wildman–Crippen MR) is 69.0 cm³/mol. The van der Waals surface area contributed by atoms with Gasteiger partial charge in [-0.25, -0.2) is 15.0 Å². The largest absolute Gasteiger partial charge is 0.388 e. The second-order valence-electron chi connectivity index (χ2n) is 3.57. The van der Waals surface area contributed by atoms with Crippen LogP contribution in [0.2, 0.25) is 0 Å². The summed E-state index contributed by atoms with van der Waals surface area (Å²) in [5.74, 6) is 1.49. The first kappa shape index (κ1) is 11.7. The number of aromatic nitrogens is 4. The quantitative estimate of drug-likeness (QED) is 0.823. The molecule has 2 N–H and O–H groups in total. The van der Waals surface area contributed by atoms with Gasteiger partial charge in [-0.1, -0.05) is 19.1 Å². The van der Waals surface area contributed by atoms with Gasteiger partial charge in [0.2, 0.25) is 5.95 Å². The third kappa shape index (κ3) is 2.47. The van der Waals surface area contributed by atoms with Crippen LogP contribution in [0.15, 0.2) is 24.7 Å². The second kappa shape index (κ2) is 5.01. The second-order valence-corrected chi connectivity index (χ2v) is 4.01. The zero-order valence-electron chi connectivity index (χ0n) is 9.50. The van der Waals surface area contributed by atoms with Gasteiger partial charge in [0.25, 0.3) is 0 Å². The van der Waals surface area contributed by atoms with Crippen LogP contribution >= 0.6 is 12.2 Å². The SMILES string of the molecule is CCCc1nccn1-c1nccc(C(N)=S)n1. The zero-order valence-corrected chi connectivity index (χ0v) is 10.3. The van der Waals surface area contributed by atoms with E-state index in [2.05, 4.69) is 21.9 Å². The van der Waals surface area contributed by atoms with Gasteiger partial charge in [-0.05, 0) is 12.5 Å². The molecule has 2 rings (SSSR count). The molecule has 88 valence electrons. The van der Waals surface area contributed by atoms with E-state index in [0.29, 0.717) is 11.6 Å². The average molecular weight is 247 g/mol. The average Bonchev–Trinajstić information content (AvgIpc) is 2.78.